The molecule has 0 bridgehead atoms. The van der Waals surface area contributed by atoms with Crippen LogP contribution in [0, 0.1) is 11.3 Å². The third-order valence-electron chi connectivity index (χ3n) is 2.43. The van der Waals surface area contributed by atoms with E-state index >= 15 is 0 Å². The Balaban J connectivity index is 2.67. The summed E-state index contributed by atoms with van der Waals surface area (Å²) >= 11 is 0. The first-order valence-corrected chi connectivity index (χ1v) is 4.13. The molecule has 0 saturated carbocycles. The molecule has 0 fully saturated rings. The zero-order valence-electron chi connectivity index (χ0n) is 6.80. The van der Waals surface area contributed by atoms with Gasteiger partial charge in [-0.05, 0) is 36.5 Å². The molecule has 0 heterocycles. The molecule has 0 saturated heterocycles. The van der Waals surface area contributed by atoms with E-state index in [1.165, 1.54) is 11.1 Å². The van der Waals surface area contributed by atoms with E-state index in [9.17, 15) is 0 Å². The highest BCUT2D eigenvalue weighted by Gasteiger charge is 2.15. The van der Waals surface area contributed by atoms with Crippen molar-refractivity contribution < 1.29 is 0 Å². The number of rotatable bonds is 0. The van der Waals surface area contributed by atoms with Gasteiger partial charge >= 0.3 is 0 Å². The molecule has 2 heteroatoms. The van der Waals surface area contributed by atoms with Crippen LogP contribution in [0.1, 0.15) is 23.1 Å². The average Bonchev–Trinajstić information content (AvgIpc) is 2.52. The average molecular weight is 158 g/mol. The number of anilines is 1. The van der Waals surface area contributed by atoms with Crippen LogP contribution in [0.3, 0.4) is 0 Å². The van der Waals surface area contributed by atoms with Gasteiger partial charge in [0.05, 0.1) is 5.56 Å². The van der Waals surface area contributed by atoms with Crippen molar-refractivity contribution in [2.24, 2.45) is 0 Å². The molecule has 2 rings (SSSR count). The zero-order valence-corrected chi connectivity index (χ0v) is 6.80. The lowest BCUT2D eigenvalue weighted by atomic mass is 10.0. The van der Waals surface area contributed by atoms with Crippen molar-refractivity contribution in [1.29, 1.82) is 5.26 Å². The molecule has 60 valence electrons. The summed E-state index contributed by atoms with van der Waals surface area (Å²) in [5.74, 6) is 0. The maximum absolute atomic E-state index is 8.85. The number of hydrogen-bond donors (Lipinski definition) is 1. The fourth-order valence-corrected chi connectivity index (χ4v) is 1.82. The van der Waals surface area contributed by atoms with E-state index in [1.807, 2.05) is 12.1 Å². The number of hydrogen-bond acceptors (Lipinski definition) is 2. The van der Waals surface area contributed by atoms with Gasteiger partial charge in [-0.25, -0.2) is 0 Å². The molecule has 12 heavy (non-hydrogen) atoms. The van der Waals surface area contributed by atoms with E-state index in [0.717, 1.165) is 19.3 Å². The first-order chi connectivity index (χ1) is 5.83. The van der Waals surface area contributed by atoms with Crippen LogP contribution in [0.2, 0.25) is 0 Å². The molecule has 0 amide bonds. The van der Waals surface area contributed by atoms with E-state index in [4.69, 9.17) is 11.0 Å². The molecular formula is C10H10N2. The van der Waals surface area contributed by atoms with Crippen LogP contribution < -0.4 is 5.73 Å². The Kier molecular flexibility index (Phi) is 1.51. The largest absolute Gasteiger partial charge is 0.398 e. The monoisotopic (exact) mass is 158 g/mol. The fourth-order valence-electron chi connectivity index (χ4n) is 1.82. The molecule has 0 aliphatic heterocycles. The number of nitrogen functional groups attached to an aromatic ring is 1. The van der Waals surface area contributed by atoms with E-state index in [0.29, 0.717) is 11.3 Å². The molecule has 1 aromatic carbocycles. The Morgan fingerprint density at radius 3 is 2.92 bits per heavy atom. The van der Waals surface area contributed by atoms with E-state index in [1.54, 1.807) is 0 Å². The molecule has 2 N–H and O–H groups in total. The number of benzene rings is 1. The Hall–Kier alpha value is -1.49. The first-order valence-electron chi connectivity index (χ1n) is 4.13. The topological polar surface area (TPSA) is 49.8 Å². The van der Waals surface area contributed by atoms with Gasteiger partial charge in [0, 0.05) is 5.69 Å². The highest BCUT2D eigenvalue weighted by atomic mass is 14.6. The van der Waals surface area contributed by atoms with Crippen LogP contribution in [0.5, 0.6) is 0 Å². The van der Waals surface area contributed by atoms with Crippen LogP contribution in [0.4, 0.5) is 5.69 Å². The van der Waals surface area contributed by atoms with Crippen LogP contribution in [0.15, 0.2) is 12.1 Å². The van der Waals surface area contributed by atoms with Gasteiger partial charge < -0.3 is 5.73 Å². The molecule has 2 nitrogen and oxygen atoms in total. The summed E-state index contributed by atoms with van der Waals surface area (Å²) in [6.07, 6.45) is 3.28. The summed E-state index contributed by atoms with van der Waals surface area (Å²) in [5, 5.41) is 8.85. The van der Waals surface area contributed by atoms with Crippen molar-refractivity contribution >= 4 is 5.69 Å². The Bertz CT molecular complexity index is 361. The molecule has 0 aromatic heterocycles. The number of nitrogens with two attached hydrogens (primary N) is 1. The highest BCUT2D eigenvalue weighted by molar-refractivity contribution is 5.61. The van der Waals surface area contributed by atoms with E-state index in [-0.39, 0.29) is 0 Å². The number of fused-ring (bicyclic) bond motifs is 1. The quantitative estimate of drug-likeness (QED) is 0.583. The summed E-state index contributed by atoms with van der Waals surface area (Å²) in [6, 6.07) is 6.05. The molecule has 0 atom stereocenters. The minimum atomic E-state index is 0.623. The molecule has 1 aliphatic carbocycles. The SMILES string of the molecule is N#Cc1c(N)ccc2c1CCC2. The van der Waals surface area contributed by atoms with Gasteiger partial charge in [-0.1, -0.05) is 6.07 Å². The minimum absolute atomic E-state index is 0.623. The van der Waals surface area contributed by atoms with Crippen molar-refractivity contribution in [3.05, 3.63) is 28.8 Å². The summed E-state index contributed by atoms with van der Waals surface area (Å²) < 4.78 is 0. The molecule has 1 aromatic rings. The van der Waals surface area contributed by atoms with Gasteiger partial charge in [-0.15, -0.1) is 0 Å². The second-order valence-electron chi connectivity index (χ2n) is 3.13. The number of nitriles is 1. The van der Waals surface area contributed by atoms with Crippen LogP contribution >= 0.6 is 0 Å². The predicted octanol–water partition coefficient (Wildman–Crippen LogP) is 1.63. The molecule has 0 spiro atoms. The summed E-state index contributed by atoms with van der Waals surface area (Å²) in [4.78, 5) is 0. The third-order valence-corrected chi connectivity index (χ3v) is 2.43. The van der Waals surface area contributed by atoms with Gasteiger partial charge in [0.1, 0.15) is 6.07 Å². The van der Waals surface area contributed by atoms with Gasteiger partial charge in [0.15, 0.2) is 0 Å². The zero-order chi connectivity index (χ0) is 8.55. The highest BCUT2D eigenvalue weighted by Crippen LogP contribution is 2.28. The fraction of sp³-hybridized carbons (Fsp3) is 0.300. The lowest BCUT2D eigenvalue weighted by Gasteiger charge is -2.03. The van der Waals surface area contributed by atoms with Crippen molar-refractivity contribution in [3.8, 4) is 6.07 Å². The van der Waals surface area contributed by atoms with Crippen molar-refractivity contribution in [2.45, 2.75) is 19.3 Å². The Morgan fingerprint density at radius 2 is 2.17 bits per heavy atom. The van der Waals surface area contributed by atoms with Crippen LogP contribution in [-0.2, 0) is 12.8 Å². The van der Waals surface area contributed by atoms with Crippen LogP contribution in [-0.4, -0.2) is 0 Å². The van der Waals surface area contributed by atoms with E-state index < -0.39 is 0 Å². The van der Waals surface area contributed by atoms with Crippen molar-refractivity contribution in [1.82, 2.24) is 0 Å². The standard InChI is InChI=1S/C10H10N2/c11-6-9-8-3-1-2-7(8)4-5-10(9)12/h4-5H,1-3,12H2. The van der Waals surface area contributed by atoms with Crippen molar-refractivity contribution in [2.75, 3.05) is 5.73 Å². The van der Waals surface area contributed by atoms with Gasteiger partial charge in [0.2, 0.25) is 0 Å². The lowest BCUT2D eigenvalue weighted by Crippen LogP contribution is -1.95. The van der Waals surface area contributed by atoms with Gasteiger partial charge in [0.25, 0.3) is 0 Å². The van der Waals surface area contributed by atoms with Gasteiger partial charge in [-0.3, -0.25) is 0 Å². The first kappa shape index (κ1) is 7.17. The maximum Gasteiger partial charge on any atom is 0.102 e. The molecule has 1 aliphatic rings. The Labute approximate surface area is 71.6 Å². The minimum Gasteiger partial charge on any atom is -0.398 e. The number of nitrogens with zero attached hydrogens (tertiary/aromatic N) is 1. The molecular weight excluding hydrogens is 148 g/mol. The second kappa shape index (κ2) is 2.53. The summed E-state index contributed by atoms with van der Waals surface area (Å²) in [5.41, 5.74) is 9.49. The van der Waals surface area contributed by atoms with Crippen LogP contribution in [0.25, 0.3) is 0 Å². The summed E-state index contributed by atoms with van der Waals surface area (Å²) in [6.45, 7) is 0. The lowest BCUT2D eigenvalue weighted by molar-refractivity contribution is 0.911. The summed E-state index contributed by atoms with van der Waals surface area (Å²) in [7, 11) is 0. The Morgan fingerprint density at radius 1 is 1.33 bits per heavy atom. The molecule has 0 unspecified atom stereocenters. The third kappa shape index (κ3) is 0.868. The van der Waals surface area contributed by atoms with Gasteiger partial charge in [-0.2, -0.15) is 5.26 Å². The second-order valence-corrected chi connectivity index (χ2v) is 3.13. The normalized spacial score (nSPS) is 13.9. The van der Waals surface area contributed by atoms with Crippen molar-refractivity contribution in [3.63, 3.8) is 0 Å². The predicted molar refractivity (Wildman–Crippen MR) is 47.6 cm³/mol. The van der Waals surface area contributed by atoms with E-state index in [2.05, 4.69) is 6.07 Å². The smallest absolute Gasteiger partial charge is 0.102 e. The number of aryl methyl sites for hydroxylation is 1. The molecule has 0 radical (unpaired) electrons. The maximum atomic E-state index is 8.85.